The largest absolute Gasteiger partial charge is 0.478 e. The fourth-order valence-corrected chi connectivity index (χ4v) is 1.92. The maximum atomic E-state index is 11.2. The number of carboxylic acids is 1. The standard InChI is InChI=1S/C16H15NO3/c1-11(18)12-6-8-14(9-7-12)17(2)15-5-3-4-13(10-15)16(19)20/h3-10H,1-2H3,(H,19,20). The molecule has 102 valence electrons. The molecule has 2 aromatic rings. The van der Waals surface area contributed by atoms with E-state index in [9.17, 15) is 9.59 Å². The number of carbonyl (C=O) groups excluding carboxylic acids is 1. The third-order valence-electron chi connectivity index (χ3n) is 3.14. The Bertz CT molecular complexity index is 647. The molecule has 0 bridgehead atoms. The summed E-state index contributed by atoms with van der Waals surface area (Å²) < 4.78 is 0. The third-order valence-corrected chi connectivity index (χ3v) is 3.14. The van der Waals surface area contributed by atoms with E-state index in [2.05, 4.69) is 0 Å². The lowest BCUT2D eigenvalue weighted by Crippen LogP contribution is -2.10. The zero-order valence-corrected chi connectivity index (χ0v) is 11.3. The van der Waals surface area contributed by atoms with Crippen molar-refractivity contribution in [3.05, 3.63) is 59.7 Å². The lowest BCUT2D eigenvalue weighted by atomic mass is 10.1. The zero-order valence-electron chi connectivity index (χ0n) is 11.3. The van der Waals surface area contributed by atoms with E-state index in [0.717, 1.165) is 11.4 Å². The van der Waals surface area contributed by atoms with Crippen molar-refractivity contribution in [1.29, 1.82) is 0 Å². The minimum absolute atomic E-state index is 0.0204. The van der Waals surface area contributed by atoms with E-state index in [0.29, 0.717) is 5.56 Å². The molecule has 0 aliphatic carbocycles. The Morgan fingerprint density at radius 1 is 0.950 bits per heavy atom. The number of aromatic carboxylic acids is 1. The molecule has 2 aromatic carbocycles. The average Bonchev–Trinajstić information content (AvgIpc) is 2.46. The van der Waals surface area contributed by atoms with Crippen molar-refractivity contribution in [1.82, 2.24) is 0 Å². The summed E-state index contributed by atoms with van der Waals surface area (Å²) in [6.45, 7) is 1.52. The second kappa shape index (κ2) is 5.57. The Hall–Kier alpha value is -2.62. The molecule has 2 rings (SSSR count). The van der Waals surface area contributed by atoms with Gasteiger partial charge in [-0.25, -0.2) is 4.79 Å². The first-order valence-corrected chi connectivity index (χ1v) is 6.17. The number of Topliss-reactive ketones (excluding diaryl/α,β-unsaturated/α-hetero) is 1. The fraction of sp³-hybridized carbons (Fsp3) is 0.125. The topological polar surface area (TPSA) is 57.6 Å². The summed E-state index contributed by atoms with van der Waals surface area (Å²) in [7, 11) is 1.85. The highest BCUT2D eigenvalue weighted by atomic mass is 16.4. The number of rotatable bonds is 4. The van der Waals surface area contributed by atoms with Crippen LogP contribution < -0.4 is 4.90 Å². The second-order valence-corrected chi connectivity index (χ2v) is 4.52. The van der Waals surface area contributed by atoms with Gasteiger partial charge in [0, 0.05) is 24.0 Å². The van der Waals surface area contributed by atoms with Crippen molar-refractivity contribution in [3.63, 3.8) is 0 Å². The summed E-state index contributed by atoms with van der Waals surface area (Å²) in [5, 5.41) is 9.00. The molecule has 0 saturated carbocycles. The van der Waals surface area contributed by atoms with E-state index >= 15 is 0 Å². The van der Waals surface area contributed by atoms with Gasteiger partial charge in [0.15, 0.2) is 5.78 Å². The molecule has 0 aliphatic rings. The molecule has 1 N–H and O–H groups in total. The molecule has 0 radical (unpaired) electrons. The average molecular weight is 269 g/mol. The zero-order chi connectivity index (χ0) is 14.7. The monoisotopic (exact) mass is 269 g/mol. The highest BCUT2D eigenvalue weighted by molar-refractivity contribution is 5.94. The molecule has 0 heterocycles. The van der Waals surface area contributed by atoms with Crippen LogP contribution in [-0.2, 0) is 0 Å². The van der Waals surface area contributed by atoms with Gasteiger partial charge < -0.3 is 10.0 Å². The normalized spacial score (nSPS) is 10.1. The second-order valence-electron chi connectivity index (χ2n) is 4.52. The molecule has 20 heavy (non-hydrogen) atoms. The Morgan fingerprint density at radius 2 is 1.60 bits per heavy atom. The van der Waals surface area contributed by atoms with Gasteiger partial charge in [0.1, 0.15) is 0 Å². The molecular formula is C16H15NO3. The van der Waals surface area contributed by atoms with E-state index in [4.69, 9.17) is 5.11 Å². The molecule has 0 spiro atoms. The SMILES string of the molecule is CC(=O)c1ccc(N(C)c2cccc(C(=O)O)c2)cc1. The summed E-state index contributed by atoms with van der Waals surface area (Å²) in [5.74, 6) is -0.931. The Balaban J connectivity index is 2.30. The highest BCUT2D eigenvalue weighted by Gasteiger charge is 2.08. The fourth-order valence-electron chi connectivity index (χ4n) is 1.92. The number of ketones is 1. The van der Waals surface area contributed by atoms with Crippen LogP contribution in [0.2, 0.25) is 0 Å². The van der Waals surface area contributed by atoms with Gasteiger partial charge >= 0.3 is 5.97 Å². The quantitative estimate of drug-likeness (QED) is 0.865. The lowest BCUT2D eigenvalue weighted by molar-refractivity contribution is 0.0696. The molecule has 0 fully saturated rings. The molecular weight excluding hydrogens is 254 g/mol. The van der Waals surface area contributed by atoms with E-state index in [1.54, 1.807) is 30.3 Å². The van der Waals surface area contributed by atoms with Crippen LogP contribution >= 0.6 is 0 Å². The predicted molar refractivity (Wildman–Crippen MR) is 77.9 cm³/mol. The third kappa shape index (κ3) is 2.85. The van der Waals surface area contributed by atoms with Crippen LogP contribution in [0.1, 0.15) is 27.6 Å². The molecule has 4 heteroatoms. The molecule has 0 atom stereocenters. The molecule has 0 aromatic heterocycles. The van der Waals surface area contributed by atoms with Gasteiger partial charge in [0.25, 0.3) is 0 Å². The highest BCUT2D eigenvalue weighted by Crippen LogP contribution is 2.24. The van der Waals surface area contributed by atoms with Crippen molar-refractivity contribution in [2.45, 2.75) is 6.92 Å². The number of nitrogens with zero attached hydrogens (tertiary/aromatic N) is 1. The number of hydrogen-bond donors (Lipinski definition) is 1. The summed E-state index contributed by atoms with van der Waals surface area (Å²) in [5.41, 5.74) is 2.56. The number of benzene rings is 2. The summed E-state index contributed by atoms with van der Waals surface area (Å²) in [6, 6.07) is 13.9. The van der Waals surface area contributed by atoms with E-state index < -0.39 is 5.97 Å². The summed E-state index contributed by atoms with van der Waals surface area (Å²) >= 11 is 0. The summed E-state index contributed by atoms with van der Waals surface area (Å²) in [6.07, 6.45) is 0. The smallest absolute Gasteiger partial charge is 0.335 e. The van der Waals surface area contributed by atoms with E-state index in [1.165, 1.54) is 6.92 Å². The van der Waals surface area contributed by atoms with Crippen molar-refractivity contribution in [2.24, 2.45) is 0 Å². The van der Waals surface area contributed by atoms with Crippen LogP contribution in [0, 0.1) is 0 Å². The van der Waals surface area contributed by atoms with Crippen molar-refractivity contribution in [2.75, 3.05) is 11.9 Å². The molecule has 0 saturated heterocycles. The molecule has 0 unspecified atom stereocenters. The minimum atomic E-state index is -0.952. The van der Waals surface area contributed by atoms with Crippen LogP contribution in [0.25, 0.3) is 0 Å². The van der Waals surface area contributed by atoms with Gasteiger partial charge in [0.2, 0.25) is 0 Å². The van der Waals surface area contributed by atoms with Crippen LogP contribution in [-0.4, -0.2) is 23.9 Å². The Kier molecular flexibility index (Phi) is 3.84. The maximum absolute atomic E-state index is 11.2. The summed E-state index contributed by atoms with van der Waals surface area (Å²) in [4.78, 5) is 24.1. The first kappa shape index (κ1) is 13.8. The first-order chi connectivity index (χ1) is 9.49. The van der Waals surface area contributed by atoms with Crippen LogP contribution in [0.15, 0.2) is 48.5 Å². The van der Waals surface area contributed by atoms with Crippen molar-refractivity contribution < 1.29 is 14.7 Å². The van der Waals surface area contributed by atoms with Crippen LogP contribution in [0.4, 0.5) is 11.4 Å². The van der Waals surface area contributed by atoms with Crippen LogP contribution in [0.5, 0.6) is 0 Å². The van der Waals surface area contributed by atoms with E-state index in [-0.39, 0.29) is 11.3 Å². The van der Waals surface area contributed by atoms with Gasteiger partial charge in [0.05, 0.1) is 5.56 Å². The lowest BCUT2D eigenvalue weighted by Gasteiger charge is -2.20. The van der Waals surface area contributed by atoms with Crippen LogP contribution in [0.3, 0.4) is 0 Å². The van der Waals surface area contributed by atoms with Crippen molar-refractivity contribution >= 4 is 23.1 Å². The first-order valence-electron chi connectivity index (χ1n) is 6.17. The molecule has 0 amide bonds. The van der Waals surface area contributed by atoms with Gasteiger partial charge in [-0.3, -0.25) is 4.79 Å². The number of hydrogen-bond acceptors (Lipinski definition) is 3. The maximum Gasteiger partial charge on any atom is 0.335 e. The van der Waals surface area contributed by atoms with Crippen molar-refractivity contribution in [3.8, 4) is 0 Å². The Morgan fingerprint density at radius 3 is 2.15 bits per heavy atom. The minimum Gasteiger partial charge on any atom is -0.478 e. The van der Waals surface area contributed by atoms with Gasteiger partial charge in [-0.1, -0.05) is 6.07 Å². The van der Waals surface area contributed by atoms with E-state index in [1.807, 2.05) is 30.1 Å². The number of anilines is 2. The molecule has 0 aliphatic heterocycles. The van der Waals surface area contributed by atoms with Gasteiger partial charge in [-0.2, -0.15) is 0 Å². The predicted octanol–water partition coefficient (Wildman–Crippen LogP) is 3.36. The number of carbonyl (C=O) groups is 2. The molecule has 4 nitrogen and oxygen atoms in total. The van der Waals surface area contributed by atoms with Gasteiger partial charge in [-0.05, 0) is 49.4 Å². The number of carboxylic acid groups (broad SMARTS) is 1. The Labute approximate surface area is 117 Å². The van der Waals surface area contributed by atoms with Gasteiger partial charge in [-0.15, -0.1) is 0 Å².